The molecule has 0 fully saturated rings. The summed E-state index contributed by atoms with van der Waals surface area (Å²) in [5.74, 6) is -0.697. The quantitative estimate of drug-likeness (QED) is 0.277. The van der Waals surface area contributed by atoms with Gasteiger partial charge in [-0.1, -0.05) is 52.0 Å². The summed E-state index contributed by atoms with van der Waals surface area (Å²) in [6.07, 6.45) is 0.573. The van der Waals surface area contributed by atoms with E-state index >= 15 is 0 Å². The normalized spacial score (nSPS) is 13.0. The van der Waals surface area contributed by atoms with Crippen molar-refractivity contribution in [2.24, 2.45) is 0 Å². The van der Waals surface area contributed by atoms with Crippen LogP contribution in [0.4, 0.5) is 26.3 Å². The van der Waals surface area contributed by atoms with Crippen LogP contribution in [-0.2, 0) is 32.1 Å². The van der Waals surface area contributed by atoms with E-state index in [4.69, 9.17) is 0 Å². The fraction of sp³-hybridized carbons (Fsp3) is 0.400. The van der Waals surface area contributed by atoms with Gasteiger partial charge in [0, 0.05) is 0 Å². The first kappa shape index (κ1) is 29.6. The van der Waals surface area contributed by atoms with Crippen molar-refractivity contribution < 1.29 is 51.5 Å². The summed E-state index contributed by atoms with van der Waals surface area (Å²) in [4.78, 5) is 0. The fourth-order valence-electron chi connectivity index (χ4n) is 2.18. The largest absolute Gasteiger partial charge is 0.534 e. The number of alkyl halides is 6. The molecular formula is C20H22F6O6S2. The molecule has 0 spiro atoms. The minimum atomic E-state index is -5.60. The van der Waals surface area contributed by atoms with Crippen LogP contribution in [0.5, 0.6) is 11.5 Å². The van der Waals surface area contributed by atoms with Gasteiger partial charge < -0.3 is 8.37 Å². The van der Waals surface area contributed by atoms with Crippen LogP contribution in [0.25, 0.3) is 0 Å². The minimum absolute atomic E-state index is 0.179. The van der Waals surface area contributed by atoms with E-state index in [1.54, 1.807) is 13.0 Å². The van der Waals surface area contributed by atoms with E-state index in [-0.39, 0.29) is 16.9 Å². The lowest BCUT2D eigenvalue weighted by Crippen LogP contribution is -2.28. The lowest BCUT2D eigenvalue weighted by molar-refractivity contribution is -0.0504. The molecule has 192 valence electrons. The van der Waals surface area contributed by atoms with Gasteiger partial charge in [-0.15, -0.1) is 0 Å². The molecule has 14 heteroatoms. The van der Waals surface area contributed by atoms with E-state index in [0.717, 1.165) is 11.6 Å². The van der Waals surface area contributed by atoms with E-state index < -0.39 is 31.3 Å². The van der Waals surface area contributed by atoms with Crippen molar-refractivity contribution in [1.29, 1.82) is 0 Å². The third-order valence-electron chi connectivity index (χ3n) is 4.01. The zero-order chi connectivity index (χ0) is 26.6. The maximum Gasteiger partial charge on any atom is 0.534 e. The molecule has 0 aromatic heterocycles. The lowest BCUT2D eigenvalue weighted by Gasteiger charge is -2.19. The average Bonchev–Trinajstić information content (AvgIpc) is 2.66. The van der Waals surface area contributed by atoms with Crippen LogP contribution in [-0.4, -0.2) is 27.9 Å². The van der Waals surface area contributed by atoms with Gasteiger partial charge in [0.1, 0.15) is 11.5 Å². The third-order valence-corrected chi connectivity index (χ3v) is 5.96. The molecule has 0 bridgehead atoms. The van der Waals surface area contributed by atoms with Gasteiger partial charge >= 0.3 is 31.3 Å². The summed E-state index contributed by atoms with van der Waals surface area (Å²) in [6, 6.07) is 11.0. The van der Waals surface area contributed by atoms with Crippen molar-refractivity contribution >= 4 is 20.2 Å². The Morgan fingerprint density at radius 1 is 0.706 bits per heavy atom. The number of aryl methyl sites for hydroxylation is 1. The van der Waals surface area contributed by atoms with E-state index in [2.05, 4.69) is 8.37 Å². The second-order valence-electron chi connectivity index (χ2n) is 7.74. The molecule has 0 aliphatic heterocycles. The molecule has 0 amide bonds. The molecule has 6 nitrogen and oxygen atoms in total. The Morgan fingerprint density at radius 2 is 1.15 bits per heavy atom. The molecule has 0 heterocycles. The van der Waals surface area contributed by atoms with Crippen LogP contribution in [0.2, 0.25) is 0 Å². The first-order valence-corrected chi connectivity index (χ1v) is 12.2. The molecule has 0 radical (unpaired) electrons. The van der Waals surface area contributed by atoms with Gasteiger partial charge in [0.15, 0.2) is 0 Å². The molecule has 0 saturated carbocycles. The number of halogens is 6. The first-order chi connectivity index (χ1) is 15.2. The summed E-state index contributed by atoms with van der Waals surface area (Å²) in [5.41, 5.74) is -9.46. The van der Waals surface area contributed by atoms with Crippen LogP contribution in [0, 0.1) is 0 Å². The highest BCUT2D eigenvalue weighted by molar-refractivity contribution is 7.88. The Labute approximate surface area is 193 Å². The molecule has 2 rings (SSSR count). The van der Waals surface area contributed by atoms with Crippen molar-refractivity contribution in [3.05, 3.63) is 59.7 Å². The van der Waals surface area contributed by atoms with Crippen molar-refractivity contribution in [2.45, 2.75) is 50.5 Å². The Balaban J connectivity index is 0.000000342. The zero-order valence-electron chi connectivity index (χ0n) is 18.4. The van der Waals surface area contributed by atoms with Gasteiger partial charge in [-0.25, -0.2) is 0 Å². The Kier molecular flexibility index (Phi) is 9.06. The monoisotopic (exact) mass is 536 g/mol. The maximum atomic E-state index is 12.1. The number of hydrogen-bond acceptors (Lipinski definition) is 6. The van der Waals surface area contributed by atoms with Crippen LogP contribution in [0.1, 0.15) is 38.8 Å². The van der Waals surface area contributed by atoms with Gasteiger partial charge in [-0.3, -0.25) is 0 Å². The maximum absolute atomic E-state index is 12.1. The van der Waals surface area contributed by atoms with Crippen molar-refractivity contribution in [3.8, 4) is 11.5 Å². The van der Waals surface area contributed by atoms with Crippen LogP contribution >= 0.6 is 0 Å². The predicted molar refractivity (Wildman–Crippen MR) is 112 cm³/mol. The SMILES string of the molecule is CC(C)(C)c1ccc(OS(=O)(=O)C(F)(F)F)cc1.CCc1cccc(OS(=O)(=O)C(F)(F)F)c1. The van der Waals surface area contributed by atoms with Gasteiger partial charge in [-0.2, -0.15) is 43.2 Å². The number of hydrogen-bond donors (Lipinski definition) is 0. The lowest BCUT2D eigenvalue weighted by atomic mass is 9.87. The highest BCUT2D eigenvalue weighted by Gasteiger charge is 2.49. The van der Waals surface area contributed by atoms with Crippen LogP contribution in [0.15, 0.2) is 48.5 Å². The summed E-state index contributed by atoms with van der Waals surface area (Å²) in [7, 11) is -11.2. The first-order valence-electron chi connectivity index (χ1n) is 9.40. The van der Waals surface area contributed by atoms with Gasteiger partial charge in [0.25, 0.3) is 0 Å². The van der Waals surface area contributed by atoms with E-state index in [1.165, 1.54) is 36.4 Å². The summed E-state index contributed by atoms with van der Waals surface area (Å²) in [6.45, 7) is 7.57. The highest BCUT2D eigenvalue weighted by Crippen LogP contribution is 2.29. The second-order valence-corrected chi connectivity index (χ2v) is 10.8. The van der Waals surface area contributed by atoms with Crippen LogP contribution in [0.3, 0.4) is 0 Å². The van der Waals surface area contributed by atoms with Crippen molar-refractivity contribution in [1.82, 2.24) is 0 Å². The van der Waals surface area contributed by atoms with Gasteiger partial charge in [0.2, 0.25) is 0 Å². The Bertz CT molecular complexity index is 1160. The van der Waals surface area contributed by atoms with Gasteiger partial charge in [0.05, 0.1) is 0 Å². The minimum Gasteiger partial charge on any atom is -0.376 e. The molecule has 0 unspecified atom stereocenters. The Hall–Kier alpha value is -2.48. The summed E-state index contributed by atoms with van der Waals surface area (Å²) in [5, 5.41) is 0. The molecule has 0 aliphatic carbocycles. The van der Waals surface area contributed by atoms with E-state index in [1.807, 2.05) is 20.8 Å². The van der Waals surface area contributed by atoms with E-state index in [9.17, 15) is 43.2 Å². The molecule has 2 aromatic rings. The smallest absolute Gasteiger partial charge is 0.376 e. The number of rotatable bonds is 5. The molecule has 34 heavy (non-hydrogen) atoms. The Morgan fingerprint density at radius 3 is 1.53 bits per heavy atom. The highest BCUT2D eigenvalue weighted by atomic mass is 32.2. The molecule has 0 atom stereocenters. The van der Waals surface area contributed by atoms with Crippen molar-refractivity contribution in [2.75, 3.05) is 0 Å². The molecule has 0 aliphatic rings. The average molecular weight is 537 g/mol. The standard InChI is InChI=1S/C11H13F3O3S.C9H9F3O3S/c1-10(2,3)8-4-6-9(7-5-8)17-18(15,16)11(12,13)14;1-2-7-4-3-5-8(6-7)15-16(13,14)9(10,11)12/h4-7H,1-3H3;3-6H,2H2,1H3. The van der Waals surface area contributed by atoms with Crippen molar-refractivity contribution in [3.63, 3.8) is 0 Å². The summed E-state index contributed by atoms with van der Waals surface area (Å²) >= 11 is 0. The zero-order valence-corrected chi connectivity index (χ0v) is 20.0. The molecule has 0 saturated heterocycles. The molecule has 0 N–H and O–H groups in total. The van der Waals surface area contributed by atoms with Crippen LogP contribution < -0.4 is 8.37 Å². The molecule has 2 aromatic carbocycles. The predicted octanol–water partition coefficient (Wildman–Crippen LogP) is 5.69. The third kappa shape index (κ3) is 8.38. The van der Waals surface area contributed by atoms with E-state index in [0.29, 0.717) is 12.0 Å². The van der Waals surface area contributed by atoms with Gasteiger partial charge in [-0.05, 0) is 47.2 Å². The summed E-state index contributed by atoms with van der Waals surface area (Å²) < 4.78 is 123. The number of benzene rings is 2. The second kappa shape index (κ2) is 10.4. The molecular weight excluding hydrogens is 514 g/mol. The fourth-order valence-corrected chi connectivity index (χ4v) is 3.09. The topological polar surface area (TPSA) is 86.7 Å².